The van der Waals surface area contributed by atoms with Crippen molar-refractivity contribution in [2.24, 2.45) is 0 Å². The van der Waals surface area contributed by atoms with E-state index in [1.165, 1.54) is 0 Å². The predicted octanol–water partition coefficient (Wildman–Crippen LogP) is 2.79. The van der Waals surface area contributed by atoms with Crippen molar-refractivity contribution >= 4 is 17.7 Å². The Kier molecular flexibility index (Phi) is 5.20. The van der Waals surface area contributed by atoms with Crippen LogP contribution in [0.15, 0.2) is 24.3 Å². The number of para-hydroxylation sites is 1. The molecule has 1 aliphatic heterocycles. The zero-order valence-electron chi connectivity index (χ0n) is 12.3. The number of carbonyl (C=O) groups is 2. The van der Waals surface area contributed by atoms with Crippen LogP contribution in [-0.4, -0.2) is 29.7 Å². The molecule has 1 aromatic rings. The Bertz CT molecular complexity index is 516. The SMILES string of the molecule is CCCC[C@H](NC(=O)N1CCCc2ccccc21)C(=O)O. The molecule has 21 heavy (non-hydrogen) atoms. The second-order valence-electron chi connectivity index (χ2n) is 5.37. The predicted molar refractivity (Wildman–Crippen MR) is 81.6 cm³/mol. The number of aliphatic carboxylic acids is 1. The molecule has 2 rings (SSSR count). The number of rotatable bonds is 5. The highest BCUT2D eigenvalue weighted by molar-refractivity contribution is 5.95. The zero-order valence-corrected chi connectivity index (χ0v) is 12.3. The van der Waals surface area contributed by atoms with Crippen LogP contribution < -0.4 is 10.2 Å². The number of carboxylic acid groups (broad SMARTS) is 1. The molecule has 0 fully saturated rings. The van der Waals surface area contributed by atoms with Gasteiger partial charge in [0, 0.05) is 12.2 Å². The first kappa shape index (κ1) is 15.4. The number of nitrogens with one attached hydrogen (secondary N) is 1. The Morgan fingerprint density at radius 1 is 1.38 bits per heavy atom. The van der Waals surface area contributed by atoms with E-state index in [4.69, 9.17) is 0 Å². The van der Waals surface area contributed by atoms with Gasteiger partial charge in [-0.15, -0.1) is 0 Å². The molecule has 0 bridgehead atoms. The average molecular weight is 290 g/mol. The number of amides is 2. The van der Waals surface area contributed by atoms with Gasteiger partial charge in [0.15, 0.2) is 0 Å². The average Bonchev–Trinajstić information content (AvgIpc) is 2.50. The quantitative estimate of drug-likeness (QED) is 0.876. The third-order valence-corrected chi connectivity index (χ3v) is 3.80. The van der Waals surface area contributed by atoms with Crippen molar-refractivity contribution in [3.8, 4) is 0 Å². The first-order valence-corrected chi connectivity index (χ1v) is 7.52. The maximum atomic E-state index is 12.4. The molecule has 1 heterocycles. The minimum absolute atomic E-state index is 0.314. The number of anilines is 1. The van der Waals surface area contributed by atoms with E-state index in [9.17, 15) is 14.7 Å². The Morgan fingerprint density at radius 2 is 2.14 bits per heavy atom. The Labute approximate surface area is 125 Å². The molecular formula is C16H22N2O3. The molecule has 5 nitrogen and oxygen atoms in total. The molecule has 0 aromatic heterocycles. The Morgan fingerprint density at radius 3 is 2.86 bits per heavy atom. The largest absolute Gasteiger partial charge is 0.480 e. The molecule has 0 spiro atoms. The highest BCUT2D eigenvalue weighted by Gasteiger charge is 2.26. The van der Waals surface area contributed by atoms with E-state index in [0.29, 0.717) is 13.0 Å². The van der Waals surface area contributed by atoms with Gasteiger partial charge in [0.05, 0.1) is 0 Å². The molecule has 2 N–H and O–H groups in total. The van der Waals surface area contributed by atoms with Crippen LogP contribution >= 0.6 is 0 Å². The highest BCUT2D eigenvalue weighted by Crippen LogP contribution is 2.26. The van der Waals surface area contributed by atoms with Crippen molar-refractivity contribution in [3.63, 3.8) is 0 Å². The number of benzene rings is 1. The van der Waals surface area contributed by atoms with Crippen LogP contribution in [0, 0.1) is 0 Å². The molecule has 1 atom stereocenters. The molecule has 1 aromatic carbocycles. The number of hydrogen-bond donors (Lipinski definition) is 2. The summed E-state index contributed by atoms with van der Waals surface area (Å²) in [6, 6.07) is 6.66. The second kappa shape index (κ2) is 7.11. The summed E-state index contributed by atoms with van der Waals surface area (Å²) in [6.07, 6.45) is 4.02. The lowest BCUT2D eigenvalue weighted by Crippen LogP contribution is -2.49. The molecule has 1 aliphatic rings. The highest BCUT2D eigenvalue weighted by atomic mass is 16.4. The summed E-state index contributed by atoms with van der Waals surface area (Å²) >= 11 is 0. The van der Waals surface area contributed by atoms with Crippen LogP contribution in [0.4, 0.5) is 10.5 Å². The molecular weight excluding hydrogens is 268 g/mol. The van der Waals surface area contributed by atoms with Crippen LogP contribution in [0.5, 0.6) is 0 Å². The summed E-state index contributed by atoms with van der Waals surface area (Å²) in [4.78, 5) is 25.3. The summed E-state index contributed by atoms with van der Waals surface area (Å²) < 4.78 is 0. The maximum Gasteiger partial charge on any atom is 0.326 e. The molecule has 0 unspecified atom stereocenters. The van der Waals surface area contributed by atoms with E-state index < -0.39 is 12.0 Å². The second-order valence-corrected chi connectivity index (χ2v) is 5.37. The molecule has 114 valence electrons. The van der Waals surface area contributed by atoms with Gasteiger partial charge in [-0.05, 0) is 30.9 Å². The fraction of sp³-hybridized carbons (Fsp3) is 0.500. The molecule has 0 radical (unpaired) electrons. The number of aryl methyl sites for hydroxylation is 1. The standard InChI is InChI=1S/C16H22N2O3/c1-2-3-9-13(15(19)20)17-16(21)18-11-6-8-12-7-4-5-10-14(12)18/h4-5,7,10,13H,2-3,6,8-9,11H2,1H3,(H,17,21)(H,19,20)/t13-/m0/s1. The third kappa shape index (κ3) is 3.74. The van der Waals surface area contributed by atoms with Gasteiger partial charge < -0.3 is 10.4 Å². The summed E-state index contributed by atoms with van der Waals surface area (Å²) in [5, 5.41) is 11.9. The number of hydrogen-bond acceptors (Lipinski definition) is 2. The summed E-state index contributed by atoms with van der Waals surface area (Å²) in [5.74, 6) is -0.970. The van der Waals surface area contributed by atoms with Crippen LogP contribution in [0.2, 0.25) is 0 Å². The Balaban J connectivity index is 2.08. The van der Waals surface area contributed by atoms with Crippen LogP contribution in [-0.2, 0) is 11.2 Å². The maximum absolute atomic E-state index is 12.4. The smallest absolute Gasteiger partial charge is 0.326 e. The normalized spacial score (nSPS) is 15.2. The van der Waals surface area contributed by atoms with Gasteiger partial charge in [-0.3, -0.25) is 4.90 Å². The van der Waals surface area contributed by atoms with Crippen LogP contribution in [0.3, 0.4) is 0 Å². The van der Waals surface area contributed by atoms with Gasteiger partial charge in [0.1, 0.15) is 6.04 Å². The van der Waals surface area contributed by atoms with Gasteiger partial charge in [0.25, 0.3) is 0 Å². The molecule has 0 saturated carbocycles. The van der Waals surface area contributed by atoms with Gasteiger partial charge in [-0.2, -0.15) is 0 Å². The fourth-order valence-corrected chi connectivity index (χ4v) is 2.64. The topological polar surface area (TPSA) is 69.6 Å². The van der Waals surface area contributed by atoms with Gasteiger partial charge in [0.2, 0.25) is 0 Å². The minimum atomic E-state index is -0.970. The van der Waals surface area contributed by atoms with Crippen molar-refractivity contribution in [2.45, 2.75) is 45.1 Å². The van der Waals surface area contributed by atoms with E-state index in [1.54, 1.807) is 4.90 Å². The number of nitrogens with zero attached hydrogens (tertiary/aromatic N) is 1. The first-order chi connectivity index (χ1) is 10.1. The van der Waals surface area contributed by atoms with E-state index in [1.807, 2.05) is 31.2 Å². The lowest BCUT2D eigenvalue weighted by atomic mass is 10.0. The first-order valence-electron chi connectivity index (χ1n) is 7.52. The van der Waals surface area contributed by atoms with E-state index in [2.05, 4.69) is 5.32 Å². The molecule has 0 aliphatic carbocycles. The number of urea groups is 1. The summed E-state index contributed by atoms with van der Waals surface area (Å²) in [7, 11) is 0. The third-order valence-electron chi connectivity index (χ3n) is 3.80. The number of unbranched alkanes of at least 4 members (excludes halogenated alkanes) is 1. The fourth-order valence-electron chi connectivity index (χ4n) is 2.64. The molecule has 2 amide bonds. The number of carboxylic acids is 1. The Hall–Kier alpha value is -2.04. The summed E-state index contributed by atoms with van der Waals surface area (Å²) in [5.41, 5.74) is 2.03. The number of carbonyl (C=O) groups excluding carboxylic acids is 1. The van der Waals surface area contributed by atoms with Gasteiger partial charge >= 0.3 is 12.0 Å². The van der Waals surface area contributed by atoms with Crippen molar-refractivity contribution in [2.75, 3.05) is 11.4 Å². The van der Waals surface area contributed by atoms with Gasteiger partial charge in [-0.1, -0.05) is 38.0 Å². The van der Waals surface area contributed by atoms with Crippen molar-refractivity contribution in [1.82, 2.24) is 5.32 Å². The van der Waals surface area contributed by atoms with Gasteiger partial charge in [-0.25, -0.2) is 9.59 Å². The lowest BCUT2D eigenvalue weighted by molar-refractivity contribution is -0.139. The number of fused-ring (bicyclic) bond motifs is 1. The van der Waals surface area contributed by atoms with E-state index in [0.717, 1.165) is 36.9 Å². The van der Waals surface area contributed by atoms with Crippen molar-refractivity contribution in [1.29, 1.82) is 0 Å². The van der Waals surface area contributed by atoms with Crippen molar-refractivity contribution < 1.29 is 14.7 Å². The molecule has 0 saturated heterocycles. The summed E-state index contributed by atoms with van der Waals surface area (Å²) in [6.45, 7) is 2.63. The van der Waals surface area contributed by atoms with Crippen LogP contribution in [0.25, 0.3) is 0 Å². The van der Waals surface area contributed by atoms with Crippen molar-refractivity contribution in [3.05, 3.63) is 29.8 Å². The van der Waals surface area contributed by atoms with Crippen LogP contribution in [0.1, 0.15) is 38.2 Å². The monoisotopic (exact) mass is 290 g/mol. The molecule has 5 heteroatoms. The van der Waals surface area contributed by atoms with E-state index >= 15 is 0 Å². The lowest BCUT2D eigenvalue weighted by Gasteiger charge is -2.30. The zero-order chi connectivity index (χ0) is 15.2. The van der Waals surface area contributed by atoms with E-state index in [-0.39, 0.29) is 6.03 Å². The minimum Gasteiger partial charge on any atom is -0.480 e.